The van der Waals surface area contributed by atoms with Crippen LogP contribution in [0.1, 0.15) is 52.9 Å². The third-order valence-electron chi connectivity index (χ3n) is 4.35. The second kappa shape index (κ2) is 10.4. The van der Waals surface area contributed by atoms with Crippen molar-refractivity contribution in [3.05, 3.63) is 30.1 Å². The van der Waals surface area contributed by atoms with Crippen LogP contribution in [-0.4, -0.2) is 32.2 Å². The van der Waals surface area contributed by atoms with Crippen LogP contribution in [0.15, 0.2) is 30.1 Å². The quantitative estimate of drug-likeness (QED) is 0.530. The number of hydrogen-bond acceptors (Lipinski definition) is 4. The van der Waals surface area contributed by atoms with E-state index in [-0.39, 0.29) is 24.2 Å². The average Bonchev–Trinajstić information content (AvgIpc) is 3.06. The van der Waals surface area contributed by atoms with Gasteiger partial charge in [-0.2, -0.15) is 10.1 Å². The van der Waals surface area contributed by atoms with Crippen molar-refractivity contribution in [2.75, 3.05) is 5.32 Å². The van der Waals surface area contributed by atoms with Gasteiger partial charge >= 0.3 is 5.97 Å². The summed E-state index contributed by atoms with van der Waals surface area (Å²) in [7, 11) is 0. The number of carbonyl (C=O) groups is 2. The molecule has 7 heteroatoms. The van der Waals surface area contributed by atoms with Crippen molar-refractivity contribution < 1.29 is 14.7 Å². The van der Waals surface area contributed by atoms with E-state index in [0.29, 0.717) is 6.42 Å². The van der Waals surface area contributed by atoms with E-state index in [9.17, 15) is 14.7 Å². The highest BCUT2D eigenvalue weighted by atomic mass is 16.4. The molecule has 7 nitrogen and oxygen atoms in total. The molecule has 25 heavy (non-hydrogen) atoms. The number of aromatic amines is 1. The Kier molecular flexibility index (Phi) is 8.60. The fourth-order valence-corrected chi connectivity index (χ4v) is 2.77. The predicted molar refractivity (Wildman–Crippen MR) is 97.0 cm³/mol. The standard InChI is InChI=1S/C18H28N4O3/c1-5-12(3)8-7-9-13(4)14(6-2)15(10-16(23)24)17(25)21-18-19-11-20-22-18/h8,11,14-15H,4-7,9-10H2,1-3H3,(H,23,24)(H2,19,20,21,22,25)/b12-8+. The molecule has 2 atom stereocenters. The van der Waals surface area contributed by atoms with Crippen molar-refractivity contribution in [1.29, 1.82) is 0 Å². The van der Waals surface area contributed by atoms with Gasteiger partial charge in [0, 0.05) is 0 Å². The number of hydrogen-bond donors (Lipinski definition) is 3. The van der Waals surface area contributed by atoms with Crippen LogP contribution in [0.3, 0.4) is 0 Å². The summed E-state index contributed by atoms with van der Waals surface area (Å²) in [6.45, 7) is 10.2. The maximum absolute atomic E-state index is 12.6. The first-order valence-corrected chi connectivity index (χ1v) is 8.60. The number of aliphatic carboxylic acids is 1. The van der Waals surface area contributed by atoms with Crippen LogP contribution in [0.4, 0.5) is 5.95 Å². The Morgan fingerprint density at radius 3 is 2.64 bits per heavy atom. The van der Waals surface area contributed by atoms with E-state index in [1.165, 1.54) is 11.9 Å². The Balaban J connectivity index is 2.83. The molecule has 2 unspecified atom stereocenters. The van der Waals surface area contributed by atoms with Gasteiger partial charge in [0.15, 0.2) is 0 Å². The molecule has 0 aliphatic carbocycles. The minimum atomic E-state index is -1.01. The number of amides is 1. The summed E-state index contributed by atoms with van der Waals surface area (Å²) in [5, 5.41) is 18.0. The van der Waals surface area contributed by atoms with E-state index >= 15 is 0 Å². The van der Waals surface area contributed by atoms with Gasteiger partial charge in [0.2, 0.25) is 11.9 Å². The molecule has 1 aromatic heterocycles. The normalized spacial score (nSPS) is 14.0. The Hall–Kier alpha value is -2.44. The summed E-state index contributed by atoms with van der Waals surface area (Å²) >= 11 is 0. The lowest BCUT2D eigenvalue weighted by atomic mass is 9.80. The molecule has 138 valence electrons. The molecule has 0 aliphatic heterocycles. The van der Waals surface area contributed by atoms with Gasteiger partial charge in [0.1, 0.15) is 6.33 Å². The van der Waals surface area contributed by atoms with E-state index < -0.39 is 11.9 Å². The third-order valence-corrected chi connectivity index (χ3v) is 4.35. The van der Waals surface area contributed by atoms with E-state index in [0.717, 1.165) is 24.8 Å². The Morgan fingerprint density at radius 1 is 1.40 bits per heavy atom. The Morgan fingerprint density at radius 2 is 2.12 bits per heavy atom. The highest BCUT2D eigenvalue weighted by molar-refractivity contribution is 5.93. The van der Waals surface area contributed by atoms with Gasteiger partial charge in [-0.15, -0.1) is 0 Å². The zero-order valence-corrected chi connectivity index (χ0v) is 15.2. The average molecular weight is 348 g/mol. The van der Waals surface area contributed by atoms with Gasteiger partial charge in [-0.25, -0.2) is 5.10 Å². The fraction of sp³-hybridized carbons (Fsp3) is 0.556. The summed E-state index contributed by atoms with van der Waals surface area (Å²) in [5.41, 5.74) is 2.22. The number of carboxylic acids is 1. The summed E-state index contributed by atoms with van der Waals surface area (Å²) in [6, 6.07) is 0. The number of nitrogens with one attached hydrogen (secondary N) is 2. The fourth-order valence-electron chi connectivity index (χ4n) is 2.77. The second-order valence-electron chi connectivity index (χ2n) is 6.14. The smallest absolute Gasteiger partial charge is 0.304 e. The molecule has 1 amide bonds. The molecule has 0 saturated carbocycles. The van der Waals surface area contributed by atoms with E-state index in [4.69, 9.17) is 0 Å². The highest BCUT2D eigenvalue weighted by Gasteiger charge is 2.31. The van der Waals surface area contributed by atoms with Crippen molar-refractivity contribution >= 4 is 17.8 Å². The number of anilines is 1. The van der Waals surface area contributed by atoms with E-state index in [2.05, 4.69) is 47.0 Å². The number of allylic oxidation sites excluding steroid dienone is 3. The first-order valence-electron chi connectivity index (χ1n) is 8.60. The molecule has 3 N–H and O–H groups in total. The van der Waals surface area contributed by atoms with Crippen LogP contribution >= 0.6 is 0 Å². The first-order chi connectivity index (χ1) is 11.9. The van der Waals surface area contributed by atoms with Crippen LogP contribution in [0.25, 0.3) is 0 Å². The number of H-pyrrole nitrogens is 1. The first kappa shape index (κ1) is 20.6. The van der Waals surface area contributed by atoms with Crippen LogP contribution in [0, 0.1) is 11.8 Å². The molecule has 0 fully saturated rings. The molecular weight excluding hydrogens is 320 g/mol. The van der Waals surface area contributed by atoms with Gasteiger partial charge in [0.05, 0.1) is 12.3 Å². The monoisotopic (exact) mass is 348 g/mol. The minimum absolute atomic E-state index is 0.200. The van der Waals surface area contributed by atoms with Gasteiger partial charge in [0.25, 0.3) is 0 Å². The lowest BCUT2D eigenvalue weighted by Crippen LogP contribution is -2.32. The van der Waals surface area contributed by atoms with Crippen molar-refractivity contribution in [2.45, 2.75) is 52.9 Å². The maximum atomic E-state index is 12.6. The van der Waals surface area contributed by atoms with Crippen molar-refractivity contribution in [3.8, 4) is 0 Å². The molecule has 0 bridgehead atoms. The van der Waals surface area contributed by atoms with Gasteiger partial charge < -0.3 is 5.11 Å². The molecule has 1 heterocycles. The third kappa shape index (κ3) is 6.91. The lowest BCUT2D eigenvalue weighted by molar-refractivity contribution is -0.141. The van der Waals surface area contributed by atoms with Gasteiger partial charge in [-0.1, -0.05) is 37.6 Å². The van der Waals surface area contributed by atoms with Crippen molar-refractivity contribution in [2.24, 2.45) is 11.8 Å². The molecule has 0 saturated heterocycles. The van der Waals surface area contributed by atoms with Gasteiger partial charge in [-0.3, -0.25) is 14.9 Å². The SMILES string of the molecule is C=C(CC/C=C(\C)CC)C(CC)C(CC(=O)O)C(=O)Nc1ncn[nH]1. The number of rotatable bonds is 11. The molecule has 0 spiro atoms. The number of aromatic nitrogens is 3. The molecule has 0 aliphatic rings. The van der Waals surface area contributed by atoms with Crippen LogP contribution in [-0.2, 0) is 9.59 Å². The predicted octanol–water partition coefficient (Wildman–Crippen LogP) is 3.55. The summed E-state index contributed by atoms with van der Waals surface area (Å²) < 4.78 is 0. The Bertz CT molecular complexity index is 608. The van der Waals surface area contributed by atoms with Crippen LogP contribution in [0.2, 0.25) is 0 Å². The van der Waals surface area contributed by atoms with Gasteiger partial charge in [-0.05, 0) is 38.5 Å². The van der Waals surface area contributed by atoms with Crippen LogP contribution < -0.4 is 5.32 Å². The Labute approximate surface area is 148 Å². The molecule has 0 radical (unpaired) electrons. The maximum Gasteiger partial charge on any atom is 0.304 e. The zero-order valence-electron chi connectivity index (χ0n) is 15.2. The molecule has 0 aromatic carbocycles. The topological polar surface area (TPSA) is 108 Å². The lowest BCUT2D eigenvalue weighted by Gasteiger charge is -2.26. The minimum Gasteiger partial charge on any atom is -0.481 e. The van der Waals surface area contributed by atoms with E-state index in [1.807, 2.05) is 6.92 Å². The van der Waals surface area contributed by atoms with Crippen LogP contribution in [0.5, 0.6) is 0 Å². The number of carboxylic acid groups (broad SMARTS) is 1. The molecule has 1 aromatic rings. The summed E-state index contributed by atoms with van der Waals surface area (Å²) in [6.07, 6.45) is 6.43. The summed E-state index contributed by atoms with van der Waals surface area (Å²) in [5.74, 6) is -2.08. The zero-order chi connectivity index (χ0) is 18.8. The number of nitrogens with zero attached hydrogens (tertiary/aromatic N) is 2. The molecule has 1 rings (SSSR count). The highest BCUT2D eigenvalue weighted by Crippen LogP contribution is 2.30. The van der Waals surface area contributed by atoms with Crippen molar-refractivity contribution in [1.82, 2.24) is 15.2 Å². The number of carbonyl (C=O) groups excluding carboxylic acids is 1. The molecular formula is C18H28N4O3. The van der Waals surface area contributed by atoms with Crippen molar-refractivity contribution in [3.63, 3.8) is 0 Å². The summed E-state index contributed by atoms with van der Waals surface area (Å²) in [4.78, 5) is 27.7. The second-order valence-corrected chi connectivity index (χ2v) is 6.14. The van der Waals surface area contributed by atoms with E-state index in [1.54, 1.807) is 0 Å². The largest absolute Gasteiger partial charge is 0.481 e.